The third kappa shape index (κ3) is 4.89. The van der Waals surface area contributed by atoms with E-state index in [9.17, 15) is 4.79 Å². The molecule has 1 aliphatic heterocycles. The Balaban J connectivity index is 1.73. The van der Waals surface area contributed by atoms with Gasteiger partial charge in [0.25, 0.3) is 5.91 Å². The van der Waals surface area contributed by atoms with Crippen molar-refractivity contribution in [1.29, 1.82) is 5.41 Å². The van der Waals surface area contributed by atoms with Gasteiger partial charge in [0.2, 0.25) is 0 Å². The van der Waals surface area contributed by atoms with Crippen molar-refractivity contribution in [3.63, 3.8) is 0 Å². The van der Waals surface area contributed by atoms with E-state index >= 15 is 0 Å². The maximum absolute atomic E-state index is 12.9. The van der Waals surface area contributed by atoms with Crippen molar-refractivity contribution in [2.45, 2.75) is 44.9 Å². The summed E-state index contributed by atoms with van der Waals surface area (Å²) >= 11 is 6.28. The Labute approximate surface area is 176 Å². The molecule has 0 saturated heterocycles. The molecule has 2 aromatic carbocycles. The summed E-state index contributed by atoms with van der Waals surface area (Å²) in [5.41, 5.74) is 8.54. The van der Waals surface area contributed by atoms with Gasteiger partial charge < -0.3 is 15.2 Å². The van der Waals surface area contributed by atoms with E-state index in [1.807, 2.05) is 18.2 Å². The molecule has 1 heterocycles. The minimum Gasteiger partial charge on any atom is -0.488 e. The van der Waals surface area contributed by atoms with E-state index in [2.05, 4.69) is 13.8 Å². The molecule has 1 aliphatic rings. The van der Waals surface area contributed by atoms with E-state index < -0.39 is 6.10 Å². The van der Waals surface area contributed by atoms with Gasteiger partial charge in [-0.1, -0.05) is 30.3 Å². The smallest absolute Gasteiger partial charge is 0.270 e. The van der Waals surface area contributed by atoms with Crippen LogP contribution in [0.1, 0.15) is 48.6 Å². The van der Waals surface area contributed by atoms with Crippen LogP contribution in [0.4, 0.5) is 0 Å². The molecule has 0 spiro atoms. The summed E-state index contributed by atoms with van der Waals surface area (Å²) in [4.78, 5) is 12.9. The van der Waals surface area contributed by atoms with Gasteiger partial charge in [-0.05, 0) is 55.5 Å². The van der Waals surface area contributed by atoms with Crippen LogP contribution in [0.3, 0.4) is 0 Å². The monoisotopic (exact) mass is 415 g/mol. The van der Waals surface area contributed by atoms with Crippen molar-refractivity contribution < 1.29 is 14.3 Å². The number of halogens is 1. The first-order valence-corrected chi connectivity index (χ1v) is 9.79. The fourth-order valence-corrected chi connectivity index (χ4v) is 3.60. The summed E-state index contributed by atoms with van der Waals surface area (Å²) in [5.74, 6) is 0.497. The maximum Gasteiger partial charge on any atom is 0.270 e. The first-order valence-electron chi connectivity index (χ1n) is 9.45. The number of carbonyl (C=O) groups excluding carboxylic acids is 1. The number of hydrogen-bond donors (Lipinski definition) is 2. The number of benzene rings is 2. The highest BCUT2D eigenvalue weighted by Gasteiger charge is 2.30. The Morgan fingerprint density at radius 2 is 2.00 bits per heavy atom. The largest absolute Gasteiger partial charge is 0.488 e. The van der Waals surface area contributed by atoms with E-state index in [0.29, 0.717) is 5.56 Å². The zero-order valence-electron chi connectivity index (χ0n) is 16.9. The number of nitrogens with zero attached hydrogens (tertiary/aromatic N) is 1. The minimum absolute atomic E-state index is 0.00502. The van der Waals surface area contributed by atoms with Gasteiger partial charge in [0.15, 0.2) is 6.10 Å². The molecule has 3 N–H and O–H groups in total. The summed E-state index contributed by atoms with van der Waals surface area (Å²) in [7, 11) is 1.49. The van der Waals surface area contributed by atoms with Crippen LogP contribution in [0.5, 0.6) is 5.75 Å². The number of amides is 1. The van der Waals surface area contributed by atoms with E-state index in [4.69, 9.17) is 32.4 Å². The zero-order chi connectivity index (χ0) is 21.2. The Morgan fingerprint density at radius 3 is 2.62 bits per heavy atom. The number of aryl methyl sites for hydroxylation is 1. The van der Waals surface area contributed by atoms with Gasteiger partial charge in [-0.2, -0.15) is 0 Å². The molecular formula is C22H26ClN3O3. The Bertz CT molecular complexity index is 912. The fraction of sp³-hybridized carbons (Fsp3) is 0.364. The van der Waals surface area contributed by atoms with E-state index in [0.717, 1.165) is 39.7 Å². The number of nitrogens with two attached hydrogens (primary N) is 1. The molecule has 0 bridgehead atoms. The predicted octanol–water partition coefficient (Wildman–Crippen LogP) is 3.94. The lowest BCUT2D eigenvalue weighted by molar-refractivity contribution is -0.137. The van der Waals surface area contributed by atoms with Gasteiger partial charge in [-0.25, -0.2) is 4.42 Å². The number of rotatable bonds is 6. The van der Waals surface area contributed by atoms with Crippen molar-refractivity contribution in [3.05, 3.63) is 64.7 Å². The second kappa shape index (κ2) is 8.43. The summed E-state index contributed by atoms with van der Waals surface area (Å²) in [6.45, 7) is 4.35. The molecule has 2 aromatic rings. The molecule has 0 fully saturated rings. The van der Waals surface area contributed by atoms with Crippen LogP contribution < -0.4 is 10.5 Å². The zero-order valence-corrected chi connectivity index (χ0v) is 17.6. The lowest BCUT2D eigenvalue weighted by Crippen LogP contribution is -2.33. The van der Waals surface area contributed by atoms with E-state index in [-0.39, 0.29) is 23.9 Å². The molecule has 3 rings (SSSR count). The molecule has 1 atom stereocenters. The molecule has 7 heteroatoms. The molecule has 6 nitrogen and oxygen atoms in total. The van der Waals surface area contributed by atoms with Gasteiger partial charge in [0, 0.05) is 24.4 Å². The third-order valence-corrected chi connectivity index (χ3v) is 5.34. The molecule has 0 saturated carbocycles. The summed E-state index contributed by atoms with van der Waals surface area (Å²) < 4.78 is 12.6. The molecule has 0 aliphatic carbocycles. The van der Waals surface area contributed by atoms with Gasteiger partial charge in [-0.3, -0.25) is 10.2 Å². The van der Waals surface area contributed by atoms with Crippen LogP contribution >= 0.6 is 11.8 Å². The van der Waals surface area contributed by atoms with Crippen LogP contribution in [-0.4, -0.2) is 28.9 Å². The topological polar surface area (TPSA) is 88.6 Å². The summed E-state index contributed by atoms with van der Waals surface area (Å²) in [6, 6.07) is 12.7. The number of fused-ring (bicyclic) bond motifs is 1. The molecular weight excluding hydrogens is 390 g/mol. The van der Waals surface area contributed by atoms with Gasteiger partial charge in [0.1, 0.15) is 17.2 Å². The van der Waals surface area contributed by atoms with E-state index in [1.165, 1.54) is 7.11 Å². The number of hydrogen-bond acceptors (Lipinski definition) is 4. The highest BCUT2D eigenvalue weighted by Crippen LogP contribution is 2.35. The lowest BCUT2D eigenvalue weighted by atomic mass is 9.92. The second-order valence-corrected chi connectivity index (χ2v) is 8.22. The molecule has 1 amide bonds. The Kier molecular flexibility index (Phi) is 6.15. The highest BCUT2D eigenvalue weighted by atomic mass is 35.5. The number of methoxy groups -OCH3 is 1. The van der Waals surface area contributed by atoms with Crippen LogP contribution in [0.15, 0.2) is 42.5 Å². The third-order valence-electron chi connectivity index (χ3n) is 5.06. The van der Waals surface area contributed by atoms with Gasteiger partial charge in [-0.15, -0.1) is 0 Å². The number of ether oxygens (including phenoxy) is 2. The van der Waals surface area contributed by atoms with Crippen molar-refractivity contribution in [2.24, 2.45) is 5.73 Å². The average Bonchev–Trinajstić information content (AvgIpc) is 2.68. The van der Waals surface area contributed by atoms with Crippen LogP contribution in [-0.2, 0) is 22.5 Å². The lowest BCUT2D eigenvalue weighted by Gasteiger charge is -2.33. The molecule has 0 radical (unpaired) electrons. The Hall–Kier alpha value is -2.57. The number of amidine groups is 1. The first-order chi connectivity index (χ1) is 13.7. The standard InChI is InChI=1S/C22H26ClN3O3/c1-22(2)11-10-16-12-17(8-9-18(16)29-22)19(28-3)21(27)26(23)13-14-4-6-15(7-5-14)20(24)25/h4-9,12,19H,10-11,13H2,1-3H3,(H3,24,25). The quantitative estimate of drug-likeness (QED) is 0.424. The van der Waals surface area contributed by atoms with Crippen molar-refractivity contribution >= 4 is 23.5 Å². The maximum atomic E-state index is 12.9. The van der Waals surface area contributed by atoms with Gasteiger partial charge in [0.05, 0.1) is 6.54 Å². The van der Waals surface area contributed by atoms with Crippen LogP contribution in [0.25, 0.3) is 0 Å². The molecule has 154 valence electrons. The van der Waals surface area contributed by atoms with Crippen molar-refractivity contribution in [2.75, 3.05) is 7.11 Å². The highest BCUT2D eigenvalue weighted by molar-refractivity contribution is 6.21. The predicted molar refractivity (Wildman–Crippen MR) is 113 cm³/mol. The first kappa shape index (κ1) is 21.1. The van der Waals surface area contributed by atoms with Crippen LogP contribution in [0, 0.1) is 5.41 Å². The summed E-state index contributed by atoms with van der Waals surface area (Å²) in [6.07, 6.45) is 0.991. The number of carbonyl (C=O) groups is 1. The fourth-order valence-electron chi connectivity index (χ4n) is 3.38. The number of nitrogens with one attached hydrogen (secondary N) is 1. The molecule has 29 heavy (non-hydrogen) atoms. The second-order valence-electron chi connectivity index (χ2n) is 7.81. The number of nitrogen functional groups attached to an aromatic ring is 1. The van der Waals surface area contributed by atoms with E-state index in [1.54, 1.807) is 24.3 Å². The average molecular weight is 416 g/mol. The molecule has 1 unspecified atom stereocenters. The normalized spacial score (nSPS) is 15.7. The van der Waals surface area contributed by atoms with Gasteiger partial charge >= 0.3 is 0 Å². The molecule has 0 aromatic heterocycles. The van der Waals surface area contributed by atoms with Crippen molar-refractivity contribution in [1.82, 2.24) is 4.42 Å². The van der Waals surface area contributed by atoms with Crippen molar-refractivity contribution in [3.8, 4) is 5.75 Å². The Morgan fingerprint density at radius 1 is 1.31 bits per heavy atom. The van der Waals surface area contributed by atoms with Crippen LogP contribution in [0.2, 0.25) is 0 Å². The summed E-state index contributed by atoms with van der Waals surface area (Å²) in [5, 5.41) is 7.44. The SMILES string of the molecule is COC(C(=O)N(Cl)Cc1ccc(C(=N)N)cc1)c1ccc2c(c1)CCC(C)(C)O2. The minimum atomic E-state index is -0.802.